The molecule has 2 aliphatic carbocycles. The Morgan fingerprint density at radius 2 is 1.16 bits per heavy atom. The van der Waals surface area contributed by atoms with E-state index in [0.29, 0.717) is 0 Å². The summed E-state index contributed by atoms with van der Waals surface area (Å²) in [5.41, 5.74) is 11.3. The first-order valence-corrected chi connectivity index (χ1v) is 11.1. The first-order valence-electron chi connectivity index (χ1n) is 11.1. The average Bonchev–Trinajstić information content (AvgIpc) is 3.23. The average molecular weight is 393 g/mol. The number of hydrogen-bond donors (Lipinski definition) is 0. The zero-order valence-electron chi connectivity index (χ0n) is 17.6. The Labute approximate surface area is 181 Å². The van der Waals surface area contributed by atoms with Crippen molar-refractivity contribution in [1.82, 2.24) is 0 Å². The molecule has 0 saturated heterocycles. The van der Waals surface area contributed by atoms with Gasteiger partial charge in [0.05, 0.1) is 0 Å². The Morgan fingerprint density at radius 1 is 0.419 bits per heavy atom. The molecule has 0 saturated carbocycles. The van der Waals surface area contributed by atoms with Gasteiger partial charge in [-0.3, -0.25) is 0 Å². The fourth-order valence-corrected chi connectivity index (χ4v) is 6.48. The molecular weight excluding hydrogens is 372 g/mol. The van der Waals surface area contributed by atoms with Crippen LogP contribution in [-0.4, -0.2) is 0 Å². The molecule has 6 aromatic carbocycles. The van der Waals surface area contributed by atoms with Crippen molar-refractivity contribution >= 4 is 32.3 Å². The van der Waals surface area contributed by atoms with Crippen molar-refractivity contribution in [2.24, 2.45) is 0 Å². The molecule has 0 atom stereocenters. The van der Waals surface area contributed by atoms with Crippen molar-refractivity contribution in [1.29, 1.82) is 0 Å². The number of rotatable bonds is 0. The Morgan fingerprint density at radius 3 is 2.06 bits per heavy atom. The molecule has 0 heteroatoms. The van der Waals surface area contributed by atoms with Crippen LogP contribution in [0.5, 0.6) is 0 Å². The molecule has 0 aromatic heterocycles. The lowest BCUT2D eigenvalue weighted by Gasteiger charge is -2.22. The summed E-state index contributed by atoms with van der Waals surface area (Å²) < 4.78 is 0. The summed E-state index contributed by atoms with van der Waals surface area (Å²) in [6, 6.07) is 32.3. The molecule has 0 nitrogen and oxygen atoms in total. The van der Waals surface area contributed by atoms with E-state index in [4.69, 9.17) is 0 Å². The van der Waals surface area contributed by atoms with Crippen LogP contribution in [0.1, 0.15) is 25.0 Å². The molecule has 0 radical (unpaired) electrons. The molecule has 0 fully saturated rings. The summed E-state index contributed by atoms with van der Waals surface area (Å²) in [5.74, 6) is 0. The van der Waals surface area contributed by atoms with Gasteiger partial charge in [0.25, 0.3) is 0 Å². The molecule has 0 bridgehead atoms. The largest absolute Gasteiger partial charge is 0.0619 e. The van der Waals surface area contributed by atoms with Crippen LogP contribution < -0.4 is 0 Å². The maximum absolute atomic E-state index is 2.49. The van der Waals surface area contributed by atoms with E-state index in [2.05, 4.69) is 98.8 Å². The normalized spacial score (nSPS) is 15.0. The Balaban J connectivity index is 1.56. The molecule has 0 aliphatic heterocycles. The van der Waals surface area contributed by atoms with Gasteiger partial charge in [-0.2, -0.15) is 0 Å². The van der Waals surface area contributed by atoms with Crippen LogP contribution >= 0.6 is 0 Å². The molecule has 2 aliphatic rings. The summed E-state index contributed by atoms with van der Waals surface area (Å²) in [6.07, 6.45) is 0. The van der Waals surface area contributed by atoms with Crippen molar-refractivity contribution in [3.63, 3.8) is 0 Å². The van der Waals surface area contributed by atoms with Crippen molar-refractivity contribution in [2.75, 3.05) is 0 Å². The minimum atomic E-state index is 0.0286. The first kappa shape index (κ1) is 16.1. The minimum Gasteiger partial charge on any atom is -0.0619 e. The van der Waals surface area contributed by atoms with Crippen molar-refractivity contribution < 1.29 is 0 Å². The second-order valence-corrected chi connectivity index (χ2v) is 9.77. The van der Waals surface area contributed by atoms with Crippen molar-refractivity contribution in [3.05, 3.63) is 96.1 Å². The highest BCUT2D eigenvalue weighted by atomic mass is 14.4. The van der Waals surface area contributed by atoms with Gasteiger partial charge in [0.15, 0.2) is 0 Å². The van der Waals surface area contributed by atoms with E-state index in [0.717, 1.165) is 0 Å². The monoisotopic (exact) mass is 392 g/mol. The third-order valence-corrected chi connectivity index (χ3v) is 7.93. The smallest absolute Gasteiger partial charge is 0.0159 e. The predicted octanol–water partition coefficient (Wildman–Crippen LogP) is 8.54. The molecule has 31 heavy (non-hydrogen) atoms. The number of fused-ring (bicyclic) bond motifs is 6. The van der Waals surface area contributed by atoms with Gasteiger partial charge in [0.1, 0.15) is 0 Å². The topological polar surface area (TPSA) is 0 Å². The fraction of sp³-hybridized carbons (Fsp3) is 0.0968. The summed E-state index contributed by atoms with van der Waals surface area (Å²) >= 11 is 0. The van der Waals surface area contributed by atoms with E-state index in [9.17, 15) is 0 Å². The molecule has 0 N–H and O–H groups in total. The molecule has 0 unspecified atom stereocenters. The maximum atomic E-state index is 2.49. The molecule has 0 spiro atoms. The van der Waals surface area contributed by atoms with Crippen LogP contribution in [0, 0.1) is 0 Å². The standard InChI is InChI=1S/C31H20/c1-31(2)26-9-4-3-8-20(26)24-15-22-23(16-27(24)31)21-13-12-18-11-10-17-6-5-7-19-14-25(22)30(21)29(18)28(17)19/h3-16H,1-2H3. The van der Waals surface area contributed by atoms with Gasteiger partial charge in [-0.1, -0.05) is 80.6 Å². The van der Waals surface area contributed by atoms with Gasteiger partial charge < -0.3 is 0 Å². The molecule has 0 amide bonds. The number of benzene rings is 6. The lowest BCUT2D eigenvalue weighted by molar-refractivity contribution is 0.660. The van der Waals surface area contributed by atoms with Gasteiger partial charge in [0.2, 0.25) is 0 Å². The summed E-state index contributed by atoms with van der Waals surface area (Å²) in [4.78, 5) is 0. The predicted molar refractivity (Wildman–Crippen MR) is 132 cm³/mol. The zero-order valence-corrected chi connectivity index (χ0v) is 17.6. The highest BCUT2D eigenvalue weighted by Crippen LogP contribution is 2.56. The molecular formula is C31H20. The highest BCUT2D eigenvalue weighted by molar-refractivity contribution is 6.32. The van der Waals surface area contributed by atoms with Gasteiger partial charge in [-0.15, -0.1) is 0 Å². The zero-order chi connectivity index (χ0) is 20.5. The number of hydrogen-bond acceptors (Lipinski definition) is 0. The van der Waals surface area contributed by atoms with Gasteiger partial charge in [-0.25, -0.2) is 0 Å². The molecule has 8 rings (SSSR count). The Bertz CT molecular complexity index is 1750. The Hall–Kier alpha value is -3.64. The summed E-state index contributed by atoms with van der Waals surface area (Å²) in [6.45, 7) is 4.74. The lowest BCUT2D eigenvalue weighted by Crippen LogP contribution is -2.14. The van der Waals surface area contributed by atoms with E-state index in [-0.39, 0.29) is 5.41 Å². The van der Waals surface area contributed by atoms with E-state index in [1.165, 1.54) is 76.8 Å². The quantitative estimate of drug-likeness (QED) is 0.227. The van der Waals surface area contributed by atoms with Gasteiger partial charge in [-0.05, 0) is 95.0 Å². The van der Waals surface area contributed by atoms with Crippen LogP contribution in [0.15, 0.2) is 84.9 Å². The van der Waals surface area contributed by atoms with E-state index < -0.39 is 0 Å². The third-order valence-electron chi connectivity index (χ3n) is 7.93. The van der Waals surface area contributed by atoms with E-state index >= 15 is 0 Å². The minimum absolute atomic E-state index is 0.0286. The third kappa shape index (κ3) is 1.72. The second-order valence-electron chi connectivity index (χ2n) is 9.77. The van der Waals surface area contributed by atoms with Crippen LogP contribution in [0.4, 0.5) is 0 Å². The SMILES string of the molecule is CC1(C)c2ccccc2-c2cc3c(cc21)-c1ccc2ccc4cccc5cc-3c1c2c45. The van der Waals surface area contributed by atoms with Crippen molar-refractivity contribution in [2.45, 2.75) is 19.3 Å². The van der Waals surface area contributed by atoms with Gasteiger partial charge in [0, 0.05) is 5.41 Å². The second kappa shape index (κ2) is 4.98. The van der Waals surface area contributed by atoms with Crippen LogP contribution in [0.2, 0.25) is 0 Å². The van der Waals surface area contributed by atoms with Crippen LogP contribution in [0.25, 0.3) is 65.7 Å². The Kier molecular flexibility index (Phi) is 2.59. The van der Waals surface area contributed by atoms with Gasteiger partial charge >= 0.3 is 0 Å². The van der Waals surface area contributed by atoms with Crippen molar-refractivity contribution in [3.8, 4) is 33.4 Å². The summed E-state index contributed by atoms with van der Waals surface area (Å²) in [7, 11) is 0. The van der Waals surface area contributed by atoms with E-state index in [1.54, 1.807) is 0 Å². The van der Waals surface area contributed by atoms with E-state index in [1.807, 2.05) is 0 Å². The van der Waals surface area contributed by atoms with Crippen LogP contribution in [0.3, 0.4) is 0 Å². The van der Waals surface area contributed by atoms with Crippen LogP contribution in [-0.2, 0) is 5.41 Å². The molecule has 6 aromatic rings. The lowest BCUT2D eigenvalue weighted by atomic mass is 9.81. The first-order chi connectivity index (χ1) is 15.1. The highest BCUT2D eigenvalue weighted by Gasteiger charge is 2.37. The maximum Gasteiger partial charge on any atom is 0.0159 e. The summed E-state index contributed by atoms with van der Waals surface area (Å²) in [5, 5.41) is 8.30. The molecule has 144 valence electrons. The fourth-order valence-electron chi connectivity index (χ4n) is 6.48. The molecule has 0 heterocycles.